The summed E-state index contributed by atoms with van der Waals surface area (Å²) in [6, 6.07) is 20.8. The number of hydrogen-bond acceptors (Lipinski definition) is 11. The van der Waals surface area contributed by atoms with Crippen molar-refractivity contribution in [1.82, 2.24) is 39.6 Å². The Kier molecular flexibility index (Phi) is 8.65. The summed E-state index contributed by atoms with van der Waals surface area (Å²) in [6.07, 6.45) is 2.33. The fraction of sp³-hybridized carbons (Fsp3) is 0.406. The molecular formula is C32H38N10O3. The van der Waals surface area contributed by atoms with Crippen molar-refractivity contribution < 1.29 is 14.9 Å². The smallest absolute Gasteiger partial charge is 0.226 e. The number of aromatic amines is 1. The summed E-state index contributed by atoms with van der Waals surface area (Å²) in [6.45, 7) is 4.35. The van der Waals surface area contributed by atoms with E-state index in [2.05, 4.69) is 60.0 Å². The number of aliphatic hydroxyl groups is 2. The van der Waals surface area contributed by atoms with E-state index in [-0.39, 0.29) is 5.92 Å². The molecule has 5 aromatic rings. The first kappa shape index (κ1) is 29.3. The maximum atomic E-state index is 11.0. The summed E-state index contributed by atoms with van der Waals surface area (Å²) in [5.74, 6) is 1.40. The zero-order chi connectivity index (χ0) is 30.6. The van der Waals surface area contributed by atoms with E-state index >= 15 is 0 Å². The highest BCUT2D eigenvalue weighted by Crippen LogP contribution is 2.39. The van der Waals surface area contributed by atoms with E-state index in [0.29, 0.717) is 41.8 Å². The van der Waals surface area contributed by atoms with Crippen molar-refractivity contribution >= 4 is 22.9 Å². The predicted octanol–water partition coefficient (Wildman–Crippen LogP) is 3.08. The van der Waals surface area contributed by atoms with Crippen LogP contribution in [0, 0.1) is 0 Å². The van der Waals surface area contributed by atoms with Gasteiger partial charge in [-0.25, -0.2) is 9.97 Å². The van der Waals surface area contributed by atoms with E-state index in [9.17, 15) is 10.2 Å². The largest absolute Gasteiger partial charge is 0.387 e. The van der Waals surface area contributed by atoms with Gasteiger partial charge >= 0.3 is 0 Å². The van der Waals surface area contributed by atoms with Crippen LogP contribution in [0.15, 0.2) is 73.3 Å². The fourth-order valence-electron chi connectivity index (χ4n) is 6.28. The topological polar surface area (TPSA) is 162 Å². The predicted molar refractivity (Wildman–Crippen MR) is 169 cm³/mol. The summed E-state index contributed by atoms with van der Waals surface area (Å²) in [4.78, 5) is 20.9. The highest BCUT2D eigenvalue weighted by molar-refractivity contribution is 5.84. The molecule has 234 valence electrons. The molecule has 5 N–H and O–H groups in total. The molecule has 5 heterocycles. The number of aromatic nitrogens is 7. The number of nitrogens with zero attached hydrogens (tertiary/aromatic N) is 7. The van der Waals surface area contributed by atoms with Crippen molar-refractivity contribution in [3.63, 3.8) is 0 Å². The van der Waals surface area contributed by atoms with Crippen LogP contribution in [0.2, 0.25) is 0 Å². The van der Waals surface area contributed by atoms with Gasteiger partial charge in [-0.05, 0) is 37.1 Å². The van der Waals surface area contributed by atoms with Crippen LogP contribution in [0.4, 0.5) is 11.8 Å². The van der Waals surface area contributed by atoms with Gasteiger partial charge in [0, 0.05) is 25.6 Å². The molecule has 13 heteroatoms. The molecule has 2 aromatic carbocycles. The SMILES string of the molecule is O[C@@H]1[C@H](O)C(c2ncn[nH]2)O[C@H]1n1cnc2c(NCC(c3ccccc3)c3ccccc3)nc(NCCN3CCCCC3)nc21. The molecule has 2 aliphatic heterocycles. The molecule has 2 aliphatic rings. The van der Waals surface area contributed by atoms with Crippen molar-refractivity contribution in [3.8, 4) is 0 Å². The number of anilines is 2. The zero-order valence-electron chi connectivity index (χ0n) is 24.9. The Balaban J connectivity index is 1.20. The van der Waals surface area contributed by atoms with Crippen LogP contribution in [0.25, 0.3) is 11.2 Å². The van der Waals surface area contributed by atoms with E-state index in [1.807, 2.05) is 36.4 Å². The quantitative estimate of drug-likeness (QED) is 0.149. The number of benzene rings is 2. The van der Waals surface area contributed by atoms with Crippen LogP contribution in [-0.2, 0) is 4.74 Å². The number of rotatable bonds is 11. The average molecular weight is 611 g/mol. The molecule has 0 aliphatic carbocycles. The second kappa shape index (κ2) is 13.3. The first-order chi connectivity index (χ1) is 22.2. The van der Waals surface area contributed by atoms with Gasteiger partial charge < -0.3 is 30.5 Å². The molecule has 1 unspecified atom stereocenters. The van der Waals surface area contributed by atoms with Gasteiger partial charge in [0.1, 0.15) is 24.6 Å². The van der Waals surface area contributed by atoms with Crippen LogP contribution < -0.4 is 10.6 Å². The van der Waals surface area contributed by atoms with Gasteiger partial charge in [0.15, 0.2) is 29.0 Å². The number of hydrogen-bond donors (Lipinski definition) is 5. The van der Waals surface area contributed by atoms with E-state index in [1.54, 1.807) is 10.9 Å². The van der Waals surface area contributed by atoms with E-state index in [0.717, 1.165) is 19.6 Å². The second-order valence-electron chi connectivity index (χ2n) is 11.6. The van der Waals surface area contributed by atoms with Gasteiger partial charge in [0.25, 0.3) is 0 Å². The van der Waals surface area contributed by atoms with Crippen molar-refractivity contribution in [2.24, 2.45) is 0 Å². The Morgan fingerprint density at radius 3 is 2.31 bits per heavy atom. The lowest BCUT2D eigenvalue weighted by Gasteiger charge is -2.26. The molecule has 0 bridgehead atoms. The summed E-state index contributed by atoms with van der Waals surface area (Å²) in [7, 11) is 0. The third-order valence-electron chi connectivity index (χ3n) is 8.67. The van der Waals surface area contributed by atoms with Crippen LogP contribution >= 0.6 is 0 Å². The van der Waals surface area contributed by atoms with Crippen molar-refractivity contribution in [1.29, 1.82) is 0 Å². The lowest BCUT2D eigenvalue weighted by Crippen LogP contribution is -2.34. The molecule has 3 aromatic heterocycles. The number of H-pyrrole nitrogens is 1. The van der Waals surface area contributed by atoms with Gasteiger partial charge in [-0.1, -0.05) is 67.1 Å². The van der Waals surface area contributed by atoms with Crippen molar-refractivity contribution in [3.05, 3.63) is 90.3 Å². The molecule has 0 spiro atoms. The zero-order valence-corrected chi connectivity index (χ0v) is 24.9. The molecule has 2 fully saturated rings. The van der Waals surface area contributed by atoms with Crippen molar-refractivity contribution in [2.45, 2.75) is 49.7 Å². The third kappa shape index (κ3) is 6.25. The molecule has 0 amide bonds. The maximum absolute atomic E-state index is 11.0. The molecule has 0 radical (unpaired) electrons. The van der Waals surface area contributed by atoms with Crippen LogP contribution in [0.1, 0.15) is 54.5 Å². The number of imidazole rings is 1. The van der Waals surface area contributed by atoms with Crippen LogP contribution in [-0.4, -0.2) is 94.7 Å². The van der Waals surface area contributed by atoms with Crippen LogP contribution in [0.3, 0.4) is 0 Å². The highest BCUT2D eigenvalue weighted by Gasteiger charge is 2.46. The number of ether oxygens (including phenoxy) is 1. The molecule has 45 heavy (non-hydrogen) atoms. The maximum Gasteiger partial charge on any atom is 0.226 e. The lowest BCUT2D eigenvalue weighted by molar-refractivity contribution is -0.0382. The van der Waals surface area contributed by atoms with E-state index in [4.69, 9.17) is 14.7 Å². The van der Waals surface area contributed by atoms with Gasteiger partial charge in [0.05, 0.1) is 6.33 Å². The third-order valence-corrected chi connectivity index (χ3v) is 8.67. The van der Waals surface area contributed by atoms with Gasteiger partial charge in [-0.3, -0.25) is 9.67 Å². The second-order valence-corrected chi connectivity index (χ2v) is 11.6. The van der Waals surface area contributed by atoms with E-state index < -0.39 is 24.5 Å². The number of fused-ring (bicyclic) bond motifs is 1. The number of aliphatic hydroxyl groups excluding tert-OH is 2. The summed E-state index contributed by atoms with van der Waals surface area (Å²) < 4.78 is 7.77. The van der Waals surface area contributed by atoms with Gasteiger partial charge in [-0.15, -0.1) is 0 Å². The first-order valence-electron chi connectivity index (χ1n) is 15.6. The Labute approximate surface area is 260 Å². The molecule has 4 atom stereocenters. The van der Waals surface area contributed by atoms with Crippen LogP contribution in [0.5, 0.6) is 0 Å². The summed E-state index contributed by atoms with van der Waals surface area (Å²) in [5.41, 5.74) is 3.37. The number of nitrogens with one attached hydrogen (secondary N) is 3. The standard InChI is InChI=1S/C32H38N10O3/c43-25-26(44)31(45-27(25)29-35-19-37-40-29)42-20-36-24-28(38-32(39-30(24)42)33-14-17-41-15-8-3-9-16-41)34-18-23(21-10-4-1-5-11-21)22-12-6-2-7-13-22/h1-2,4-7,10-13,19-20,23,25-27,31,43-44H,3,8-9,14-18H2,(H,35,37,40)(H2,33,34,38,39)/t25-,26+,27?,31+/m0/s1. The molecule has 0 saturated carbocycles. The normalized spacial score (nSPS) is 22.3. The molecule has 7 rings (SSSR count). The molecule has 2 saturated heterocycles. The first-order valence-corrected chi connectivity index (χ1v) is 15.6. The monoisotopic (exact) mass is 610 g/mol. The van der Waals surface area contributed by atoms with E-state index in [1.165, 1.54) is 36.7 Å². The van der Waals surface area contributed by atoms with Gasteiger partial charge in [-0.2, -0.15) is 15.1 Å². The summed E-state index contributed by atoms with van der Waals surface area (Å²) in [5, 5.41) is 35.4. The Morgan fingerprint density at radius 2 is 1.62 bits per heavy atom. The minimum Gasteiger partial charge on any atom is -0.387 e. The number of likely N-dealkylation sites (tertiary alicyclic amines) is 1. The Hall–Kier alpha value is -4.43. The Bertz CT molecular complexity index is 1620. The lowest BCUT2D eigenvalue weighted by atomic mass is 9.91. The van der Waals surface area contributed by atoms with Gasteiger partial charge in [0.2, 0.25) is 5.95 Å². The molecular weight excluding hydrogens is 572 g/mol. The average Bonchev–Trinajstić information content (AvgIpc) is 3.83. The Morgan fingerprint density at radius 1 is 0.889 bits per heavy atom. The molecule has 13 nitrogen and oxygen atoms in total. The minimum absolute atomic E-state index is 0.0628. The minimum atomic E-state index is -1.25. The summed E-state index contributed by atoms with van der Waals surface area (Å²) >= 11 is 0. The van der Waals surface area contributed by atoms with Crippen molar-refractivity contribution in [2.75, 3.05) is 43.4 Å². The number of piperidine rings is 1. The highest BCUT2D eigenvalue weighted by atomic mass is 16.6. The fourth-order valence-corrected chi connectivity index (χ4v) is 6.28.